The summed E-state index contributed by atoms with van der Waals surface area (Å²) >= 11 is 1.76. The summed E-state index contributed by atoms with van der Waals surface area (Å²) in [5, 5.41) is 9.73. The summed E-state index contributed by atoms with van der Waals surface area (Å²) in [6.07, 6.45) is 0. The summed E-state index contributed by atoms with van der Waals surface area (Å²) in [6.45, 7) is 7.44. The number of rotatable bonds is 2. The molecule has 0 bridgehead atoms. The maximum atomic E-state index is 4.39. The number of thioether (sulfide) groups is 1. The fourth-order valence-corrected chi connectivity index (χ4v) is 3.28. The normalized spacial score (nSPS) is 15.8. The number of aryl methyl sites for hydroxylation is 1. The molecule has 5 heteroatoms. The molecular formula is C14H18N4S. The van der Waals surface area contributed by atoms with E-state index in [1.54, 1.807) is 11.8 Å². The molecule has 1 aliphatic heterocycles. The Bertz CT molecular complexity index is 591. The van der Waals surface area contributed by atoms with Gasteiger partial charge in [-0.3, -0.25) is 9.47 Å². The second-order valence-electron chi connectivity index (χ2n) is 5.15. The highest BCUT2D eigenvalue weighted by Crippen LogP contribution is 2.30. The second kappa shape index (κ2) is 4.98. The highest BCUT2D eigenvalue weighted by Gasteiger charge is 2.24. The standard InChI is InChI=1S/C14H18N4S/c1-10(2)17-8-18-13(15-16-14(18)19-9-17)12-7-5-4-6-11(12)3/h4-7,10H,8-9H2,1-3H3. The summed E-state index contributed by atoms with van der Waals surface area (Å²) in [4.78, 5) is 2.42. The molecule has 0 fully saturated rings. The molecule has 100 valence electrons. The van der Waals surface area contributed by atoms with Crippen LogP contribution >= 0.6 is 11.8 Å². The predicted molar refractivity (Wildman–Crippen MR) is 77.9 cm³/mol. The van der Waals surface area contributed by atoms with Crippen LogP contribution in [0.4, 0.5) is 0 Å². The van der Waals surface area contributed by atoms with Crippen LogP contribution in [0.1, 0.15) is 19.4 Å². The zero-order valence-electron chi connectivity index (χ0n) is 11.5. The summed E-state index contributed by atoms with van der Waals surface area (Å²) in [5.41, 5.74) is 2.41. The van der Waals surface area contributed by atoms with E-state index in [0.717, 1.165) is 23.5 Å². The fraction of sp³-hybridized carbons (Fsp3) is 0.429. The molecule has 0 aliphatic carbocycles. The molecule has 0 spiro atoms. The molecule has 0 N–H and O–H groups in total. The number of aromatic nitrogens is 3. The predicted octanol–water partition coefficient (Wildman–Crippen LogP) is 2.98. The van der Waals surface area contributed by atoms with Crippen LogP contribution in [0.2, 0.25) is 0 Å². The molecule has 3 rings (SSSR count). The molecule has 0 saturated carbocycles. The van der Waals surface area contributed by atoms with Gasteiger partial charge in [-0.1, -0.05) is 36.0 Å². The first-order valence-corrected chi connectivity index (χ1v) is 7.51. The van der Waals surface area contributed by atoms with Gasteiger partial charge in [-0.25, -0.2) is 0 Å². The Balaban J connectivity index is 2.02. The van der Waals surface area contributed by atoms with Crippen LogP contribution < -0.4 is 0 Å². The molecule has 1 aromatic carbocycles. The monoisotopic (exact) mass is 274 g/mol. The van der Waals surface area contributed by atoms with Crippen molar-refractivity contribution in [2.75, 3.05) is 5.88 Å². The van der Waals surface area contributed by atoms with Crippen LogP contribution in [0, 0.1) is 6.92 Å². The van der Waals surface area contributed by atoms with Crippen LogP contribution in [-0.4, -0.2) is 31.6 Å². The lowest BCUT2D eigenvalue weighted by Gasteiger charge is -2.30. The molecule has 0 amide bonds. The van der Waals surface area contributed by atoms with E-state index >= 15 is 0 Å². The average molecular weight is 274 g/mol. The van der Waals surface area contributed by atoms with Gasteiger partial charge in [0.25, 0.3) is 0 Å². The molecule has 0 atom stereocenters. The zero-order chi connectivity index (χ0) is 13.4. The van der Waals surface area contributed by atoms with Gasteiger partial charge in [0.2, 0.25) is 0 Å². The quantitative estimate of drug-likeness (QED) is 0.843. The Morgan fingerprint density at radius 1 is 1.21 bits per heavy atom. The van der Waals surface area contributed by atoms with E-state index in [1.807, 2.05) is 0 Å². The van der Waals surface area contributed by atoms with Crippen molar-refractivity contribution in [3.8, 4) is 11.4 Å². The van der Waals surface area contributed by atoms with Crippen LogP contribution in [0.15, 0.2) is 29.4 Å². The second-order valence-corrected chi connectivity index (χ2v) is 6.06. The zero-order valence-corrected chi connectivity index (χ0v) is 12.3. The number of nitrogens with zero attached hydrogens (tertiary/aromatic N) is 4. The van der Waals surface area contributed by atoms with Crippen molar-refractivity contribution in [2.45, 2.75) is 38.6 Å². The van der Waals surface area contributed by atoms with Gasteiger partial charge in [0.15, 0.2) is 11.0 Å². The van der Waals surface area contributed by atoms with Gasteiger partial charge in [-0.2, -0.15) is 0 Å². The first-order chi connectivity index (χ1) is 9.16. The third-order valence-electron chi connectivity index (χ3n) is 3.52. The van der Waals surface area contributed by atoms with Crippen LogP contribution in [-0.2, 0) is 6.67 Å². The van der Waals surface area contributed by atoms with Crippen molar-refractivity contribution in [1.82, 2.24) is 19.7 Å². The van der Waals surface area contributed by atoms with E-state index in [0.29, 0.717) is 6.04 Å². The van der Waals surface area contributed by atoms with E-state index in [-0.39, 0.29) is 0 Å². The summed E-state index contributed by atoms with van der Waals surface area (Å²) in [7, 11) is 0. The van der Waals surface area contributed by atoms with Gasteiger partial charge in [-0.05, 0) is 26.3 Å². The van der Waals surface area contributed by atoms with Gasteiger partial charge in [0.1, 0.15) is 0 Å². The summed E-state index contributed by atoms with van der Waals surface area (Å²) < 4.78 is 2.22. The smallest absolute Gasteiger partial charge is 0.193 e. The number of fused-ring (bicyclic) bond motifs is 1. The molecular weight excluding hydrogens is 256 g/mol. The van der Waals surface area contributed by atoms with Crippen molar-refractivity contribution >= 4 is 11.8 Å². The van der Waals surface area contributed by atoms with Gasteiger partial charge in [-0.15, -0.1) is 10.2 Å². The topological polar surface area (TPSA) is 34.0 Å². The lowest BCUT2D eigenvalue weighted by atomic mass is 10.1. The largest absolute Gasteiger partial charge is 0.288 e. The third kappa shape index (κ3) is 2.28. The first kappa shape index (κ1) is 12.7. The Kier molecular flexibility index (Phi) is 3.33. The molecule has 1 aromatic heterocycles. The van der Waals surface area contributed by atoms with Gasteiger partial charge >= 0.3 is 0 Å². The van der Waals surface area contributed by atoms with Gasteiger partial charge < -0.3 is 0 Å². The van der Waals surface area contributed by atoms with E-state index < -0.39 is 0 Å². The summed E-state index contributed by atoms with van der Waals surface area (Å²) in [5.74, 6) is 1.97. The van der Waals surface area contributed by atoms with Crippen molar-refractivity contribution in [1.29, 1.82) is 0 Å². The molecule has 2 heterocycles. The Labute approximate surface area is 117 Å². The highest BCUT2D eigenvalue weighted by atomic mass is 32.2. The van der Waals surface area contributed by atoms with Crippen molar-refractivity contribution < 1.29 is 0 Å². The lowest BCUT2D eigenvalue weighted by Crippen LogP contribution is -2.35. The molecule has 0 saturated heterocycles. The van der Waals surface area contributed by atoms with Gasteiger partial charge in [0, 0.05) is 11.6 Å². The Morgan fingerprint density at radius 3 is 2.74 bits per heavy atom. The molecule has 1 aliphatic rings. The number of hydrogen-bond donors (Lipinski definition) is 0. The van der Waals surface area contributed by atoms with Gasteiger partial charge in [0.05, 0.1) is 12.5 Å². The van der Waals surface area contributed by atoms with Crippen molar-refractivity contribution in [2.24, 2.45) is 0 Å². The minimum atomic E-state index is 0.535. The molecule has 0 radical (unpaired) electrons. The van der Waals surface area contributed by atoms with E-state index in [9.17, 15) is 0 Å². The number of benzene rings is 1. The Hall–Kier alpha value is -1.33. The van der Waals surface area contributed by atoms with Crippen LogP contribution in [0.3, 0.4) is 0 Å². The molecule has 2 aromatic rings. The van der Waals surface area contributed by atoms with E-state index in [2.05, 4.69) is 64.7 Å². The molecule has 19 heavy (non-hydrogen) atoms. The number of hydrogen-bond acceptors (Lipinski definition) is 4. The van der Waals surface area contributed by atoms with Crippen molar-refractivity contribution in [3.05, 3.63) is 29.8 Å². The Morgan fingerprint density at radius 2 is 2.00 bits per heavy atom. The van der Waals surface area contributed by atoms with Crippen molar-refractivity contribution in [3.63, 3.8) is 0 Å². The SMILES string of the molecule is Cc1ccccc1-c1nnc2n1CN(C(C)C)CS2. The van der Waals surface area contributed by atoms with E-state index in [1.165, 1.54) is 11.1 Å². The molecule has 4 nitrogen and oxygen atoms in total. The fourth-order valence-electron chi connectivity index (χ4n) is 2.22. The summed E-state index contributed by atoms with van der Waals surface area (Å²) in [6, 6.07) is 8.88. The maximum Gasteiger partial charge on any atom is 0.193 e. The average Bonchev–Trinajstić information content (AvgIpc) is 2.82. The highest BCUT2D eigenvalue weighted by molar-refractivity contribution is 7.99. The lowest BCUT2D eigenvalue weighted by molar-refractivity contribution is 0.193. The first-order valence-electron chi connectivity index (χ1n) is 6.53. The minimum Gasteiger partial charge on any atom is -0.288 e. The maximum absolute atomic E-state index is 4.39. The molecule has 0 unspecified atom stereocenters. The van der Waals surface area contributed by atoms with E-state index in [4.69, 9.17) is 0 Å². The van der Waals surface area contributed by atoms with Crippen LogP contribution in [0.25, 0.3) is 11.4 Å². The van der Waals surface area contributed by atoms with Crippen LogP contribution in [0.5, 0.6) is 0 Å². The third-order valence-corrected chi connectivity index (χ3v) is 4.54. The minimum absolute atomic E-state index is 0.535.